The zero-order valence-electron chi connectivity index (χ0n) is 8.59. The highest BCUT2D eigenvalue weighted by Gasteiger charge is 2.04. The Morgan fingerprint density at radius 1 is 1.50 bits per heavy atom. The van der Waals surface area contributed by atoms with Crippen LogP contribution in [-0.4, -0.2) is 5.75 Å². The van der Waals surface area contributed by atoms with Gasteiger partial charge in [0.2, 0.25) is 0 Å². The fraction of sp³-hybridized carbons (Fsp3) is 0.455. The SMILES string of the molecule is CCCSc1ccc([C@H](C)N)cc1Br. The second kappa shape index (κ2) is 5.79. The van der Waals surface area contributed by atoms with Crippen LogP contribution in [0.2, 0.25) is 0 Å². The van der Waals surface area contributed by atoms with Crippen molar-refractivity contribution < 1.29 is 0 Å². The van der Waals surface area contributed by atoms with Crippen LogP contribution in [0.1, 0.15) is 31.9 Å². The van der Waals surface area contributed by atoms with E-state index in [1.807, 2.05) is 18.7 Å². The van der Waals surface area contributed by atoms with Crippen molar-refractivity contribution in [2.45, 2.75) is 31.2 Å². The Bertz CT molecular complexity index is 299. The summed E-state index contributed by atoms with van der Waals surface area (Å²) in [6, 6.07) is 6.47. The molecule has 0 saturated heterocycles. The Hall–Kier alpha value is 0.01000. The van der Waals surface area contributed by atoms with Gasteiger partial charge in [0.1, 0.15) is 0 Å². The second-order valence-electron chi connectivity index (χ2n) is 3.33. The van der Waals surface area contributed by atoms with Gasteiger partial charge in [-0.2, -0.15) is 0 Å². The molecule has 3 heteroatoms. The molecule has 0 aliphatic heterocycles. The van der Waals surface area contributed by atoms with Crippen molar-refractivity contribution in [2.75, 3.05) is 5.75 Å². The Morgan fingerprint density at radius 3 is 2.71 bits per heavy atom. The molecule has 0 saturated carbocycles. The van der Waals surface area contributed by atoms with Crippen molar-refractivity contribution in [3.05, 3.63) is 28.2 Å². The molecule has 0 bridgehead atoms. The van der Waals surface area contributed by atoms with Crippen LogP contribution in [0.25, 0.3) is 0 Å². The van der Waals surface area contributed by atoms with E-state index in [1.165, 1.54) is 16.9 Å². The third-order valence-corrected chi connectivity index (χ3v) is 4.14. The fourth-order valence-corrected chi connectivity index (χ4v) is 2.65. The zero-order valence-corrected chi connectivity index (χ0v) is 11.0. The molecule has 1 nitrogen and oxygen atoms in total. The summed E-state index contributed by atoms with van der Waals surface area (Å²) in [5.41, 5.74) is 6.98. The highest BCUT2D eigenvalue weighted by Crippen LogP contribution is 2.29. The first-order valence-corrected chi connectivity index (χ1v) is 6.60. The molecular formula is C11H16BrNS. The van der Waals surface area contributed by atoms with E-state index in [2.05, 4.69) is 41.1 Å². The number of thioether (sulfide) groups is 1. The molecule has 1 aromatic rings. The quantitative estimate of drug-likeness (QED) is 0.841. The molecule has 1 rings (SSSR count). The van der Waals surface area contributed by atoms with E-state index in [1.54, 1.807) is 0 Å². The van der Waals surface area contributed by atoms with Gasteiger partial charge in [-0.3, -0.25) is 0 Å². The molecule has 0 aromatic heterocycles. The molecule has 1 aromatic carbocycles. The van der Waals surface area contributed by atoms with Gasteiger partial charge in [0.05, 0.1) is 0 Å². The fourth-order valence-electron chi connectivity index (χ4n) is 1.13. The number of rotatable bonds is 4. The molecule has 1 atom stereocenters. The van der Waals surface area contributed by atoms with Crippen molar-refractivity contribution in [1.29, 1.82) is 0 Å². The van der Waals surface area contributed by atoms with Crippen LogP contribution in [0.3, 0.4) is 0 Å². The summed E-state index contributed by atoms with van der Waals surface area (Å²) in [6.45, 7) is 4.19. The van der Waals surface area contributed by atoms with E-state index < -0.39 is 0 Å². The Kier molecular flexibility index (Phi) is 4.99. The van der Waals surface area contributed by atoms with Crippen LogP contribution in [-0.2, 0) is 0 Å². The van der Waals surface area contributed by atoms with Gasteiger partial charge in [0, 0.05) is 15.4 Å². The summed E-state index contributed by atoms with van der Waals surface area (Å²) in [5, 5.41) is 0. The van der Waals surface area contributed by atoms with Crippen LogP contribution in [0.5, 0.6) is 0 Å². The van der Waals surface area contributed by atoms with Crippen LogP contribution in [0.4, 0.5) is 0 Å². The number of halogens is 1. The Morgan fingerprint density at radius 2 is 2.21 bits per heavy atom. The van der Waals surface area contributed by atoms with E-state index in [9.17, 15) is 0 Å². The lowest BCUT2D eigenvalue weighted by Gasteiger charge is -2.09. The number of hydrogen-bond donors (Lipinski definition) is 1. The van der Waals surface area contributed by atoms with Gasteiger partial charge >= 0.3 is 0 Å². The van der Waals surface area contributed by atoms with Gasteiger partial charge in [-0.15, -0.1) is 11.8 Å². The minimum atomic E-state index is 0.108. The normalized spacial score (nSPS) is 12.9. The lowest BCUT2D eigenvalue weighted by Crippen LogP contribution is -2.04. The van der Waals surface area contributed by atoms with Crippen molar-refractivity contribution in [1.82, 2.24) is 0 Å². The molecule has 0 aliphatic rings. The van der Waals surface area contributed by atoms with Crippen molar-refractivity contribution in [3.8, 4) is 0 Å². The van der Waals surface area contributed by atoms with Gasteiger partial charge in [0.15, 0.2) is 0 Å². The lowest BCUT2D eigenvalue weighted by atomic mass is 10.1. The molecule has 2 N–H and O–H groups in total. The molecule has 14 heavy (non-hydrogen) atoms. The average Bonchev–Trinajstić information content (AvgIpc) is 2.15. The minimum absolute atomic E-state index is 0.108. The second-order valence-corrected chi connectivity index (χ2v) is 5.32. The van der Waals surface area contributed by atoms with Crippen LogP contribution in [0.15, 0.2) is 27.6 Å². The molecule has 0 amide bonds. The standard InChI is InChI=1S/C11H16BrNS/c1-3-6-14-11-5-4-9(8(2)13)7-10(11)12/h4-5,7-8H,3,6,13H2,1-2H3/t8-/m0/s1. The van der Waals surface area contributed by atoms with Gasteiger partial charge in [-0.25, -0.2) is 0 Å². The van der Waals surface area contributed by atoms with Crippen LogP contribution in [0, 0.1) is 0 Å². The molecule has 0 fully saturated rings. The zero-order chi connectivity index (χ0) is 10.6. The highest BCUT2D eigenvalue weighted by atomic mass is 79.9. The van der Waals surface area contributed by atoms with Gasteiger partial charge in [0.25, 0.3) is 0 Å². The first kappa shape index (κ1) is 12.1. The Balaban J connectivity index is 2.79. The topological polar surface area (TPSA) is 26.0 Å². The third kappa shape index (κ3) is 3.30. The summed E-state index contributed by atoms with van der Waals surface area (Å²) in [7, 11) is 0. The first-order chi connectivity index (χ1) is 6.65. The third-order valence-electron chi connectivity index (χ3n) is 1.94. The van der Waals surface area contributed by atoms with Gasteiger partial charge in [-0.05, 0) is 52.7 Å². The van der Waals surface area contributed by atoms with E-state index >= 15 is 0 Å². The van der Waals surface area contributed by atoms with Crippen molar-refractivity contribution in [3.63, 3.8) is 0 Å². The van der Waals surface area contributed by atoms with Gasteiger partial charge in [-0.1, -0.05) is 13.0 Å². The van der Waals surface area contributed by atoms with Crippen LogP contribution >= 0.6 is 27.7 Å². The van der Waals surface area contributed by atoms with Crippen molar-refractivity contribution in [2.24, 2.45) is 5.73 Å². The molecule has 0 spiro atoms. The predicted molar refractivity (Wildman–Crippen MR) is 67.8 cm³/mol. The van der Waals surface area contributed by atoms with E-state index in [-0.39, 0.29) is 6.04 Å². The summed E-state index contributed by atoms with van der Waals surface area (Å²) in [4.78, 5) is 1.30. The minimum Gasteiger partial charge on any atom is -0.324 e. The van der Waals surface area contributed by atoms with Crippen molar-refractivity contribution >= 4 is 27.7 Å². The maximum Gasteiger partial charge on any atom is 0.0314 e. The average molecular weight is 274 g/mol. The molecule has 0 heterocycles. The van der Waals surface area contributed by atoms with E-state index in [0.717, 1.165) is 10.2 Å². The summed E-state index contributed by atoms with van der Waals surface area (Å²) >= 11 is 5.45. The number of nitrogens with two attached hydrogens (primary N) is 1. The molecule has 78 valence electrons. The maximum atomic E-state index is 5.81. The smallest absolute Gasteiger partial charge is 0.0314 e. The first-order valence-electron chi connectivity index (χ1n) is 4.83. The number of benzene rings is 1. The summed E-state index contributed by atoms with van der Waals surface area (Å²) < 4.78 is 1.16. The molecule has 0 aliphatic carbocycles. The number of hydrogen-bond acceptors (Lipinski definition) is 2. The molecule has 0 unspecified atom stereocenters. The largest absolute Gasteiger partial charge is 0.324 e. The maximum absolute atomic E-state index is 5.81. The van der Waals surface area contributed by atoms with Gasteiger partial charge < -0.3 is 5.73 Å². The van der Waals surface area contributed by atoms with E-state index in [4.69, 9.17) is 5.73 Å². The summed E-state index contributed by atoms with van der Waals surface area (Å²) in [5.74, 6) is 1.16. The molecular weight excluding hydrogens is 258 g/mol. The molecule has 0 radical (unpaired) electrons. The highest BCUT2D eigenvalue weighted by molar-refractivity contribution is 9.10. The Labute approximate surface area is 98.6 Å². The summed E-state index contributed by atoms with van der Waals surface area (Å²) in [6.07, 6.45) is 1.20. The van der Waals surface area contributed by atoms with Crippen LogP contribution < -0.4 is 5.73 Å². The monoisotopic (exact) mass is 273 g/mol. The lowest BCUT2D eigenvalue weighted by molar-refractivity contribution is 0.815. The van der Waals surface area contributed by atoms with E-state index in [0.29, 0.717) is 0 Å². The predicted octanol–water partition coefficient (Wildman–Crippen LogP) is 3.97.